The molecule has 2 heteroatoms. The van der Waals surface area contributed by atoms with E-state index in [4.69, 9.17) is 0 Å². The van der Waals surface area contributed by atoms with Crippen LogP contribution in [0.5, 0.6) is 0 Å². The predicted molar refractivity (Wildman–Crippen MR) is 64.1 cm³/mol. The first kappa shape index (κ1) is 10.7. The number of carboxylic acid groups (broad SMARTS) is 1. The van der Waals surface area contributed by atoms with Crippen molar-refractivity contribution in [2.75, 3.05) is 0 Å². The fourth-order valence-electron chi connectivity index (χ4n) is 2.14. The van der Waals surface area contributed by atoms with Crippen LogP contribution in [-0.4, -0.2) is 11.1 Å². The molecule has 1 aliphatic rings. The van der Waals surface area contributed by atoms with Crippen LogP contribution < -0.4 is 0 Å². The number of fused-ring (bicyclic) bond motifs is 1. The number of carbonyl (C=O) groups is 1. The van der Waals surface area contributed by atoms with Gasteiger partial charge >= 0.3 is 5.97 Å². The summed E-state index contributed by atoms with van der Waals surface area (Å²) in [5.74, 6) is -0.779. The van der Waals surface area contributed by atoms with Crippen molar-refractivity contribution in [2.24, 2.45) is 5.41 Å². The van der Waals surface area contributed by atoms with Gasteiger partial charge in [0.25, 0.3) is 0 Å². The molecule has 1 atom stereocenters. The highest BCUT2D eigenvalue weighted by Crippen LogP contribution is 2.36. The summed E-state index contributed by atoms with van der Waals surface area (Å²) < 4.78 is 0. The van der Waals surface area contributed by atoms with Crippen molar-refractivity contribution in [3.8, 4) is 0 Å². The molecule has 0 amide bonds. The van der Waals surface area contributed by atoms with Gasteiger partial charge in [-0.15, -0.1) is 6.58 Å². The van der Waals surface area contributed by atoms with Crippen LogP contribution in [0.2, 0.25) is 0 Å². The van der Waals surface area contributed by atoms with Crippen molar-refractivity contribution in [1.29, 1.82) is 0 Å². The van der Waals surface area contributed by atoms with E-state index in [0.29, 0.717) is 12.8 Å². The molecule has 0 bridgehead atoms. The lowest BCUT2D eigenvalue weighted by Gasteiger charge is -2.28. The van der Waals surface area contributed by atoms with Gasteiger partial charge in [0.1, 0.15) is 0 Å². The SMILES string of the molecule is C=CCC1(C(=O)O)C=Cc2ccccc2C1. The number of rotatable bonds is 3. The predicted octanol–water partition coefficient (Wildman–Crippen LogP) is 2.90. The van der Waals surface area contributed by atoms with Crippen molar-refractivity contribution in [3.63, 3.8) is 0 Å². The number of aliphatic carboxylic acids is 1. The topological polar surface area (TPSA) is 37.3 Å². The Balaban J connectivity index is 2.42. The molecule has 16 heavy (non-hydrogen) atoms. The molecule has 1 aromatic carbocycles. The number of hydrogen-bond acceptors (Lipinski definition) is 1. The van der Waals surface area contributed by atoms with Gasteiger partial charge in [0, 0.05) is 0 Å². The Bertz CT molecular complexity index is 460. The van der Waals surface area contributed by atoms with Crippen LogP contribution in [0.3, 0.4) is 0 Å². The summed E-state index contributed by atoms with van der Waals surface area (Å²) >= 11 is 0. The fourth-order valence-corrected chi connectivity index (χ4v) is 2.14. The molecule has 0 aliphatic heterocycles. The van der Waals surface area contributed by atoms with E-state index < -0.39 is 11.4 Å². The Morgan fingerprint density at radius 3 is 2.94 bits per heavy atom. The lowest BCUT2D eigenvalue weighted by Crippen LogP contribution is -2.32. The van der Waals surface area contributed by atoms with Gasteiger partial charge < -0.3 is 5.11 Å². The number of allylic oxidation sites excluding steroid dienone is 1. The van der Waals surface area contributed by atoms with Crippen LogP contribution in [0, 0.1) is 5.41 Å². The summed E-state index contributed by atoms with van der Waals surface area (Å²) in [6.45, 7) is 3.64. The third kappa shape index (κ3) is 1.67. The molecule has 1 aliphatic carbocycles. The molecule has 0 fully saturated rings. The van der Waals surface area contributed by atoms with Crippen LogP contribution >= 0.6 is 0 Å². The second-order valence-electron chi connectivity index (χ2n) is 4.16. The molecule has 0 heterocycles. The first-order valence-corrected chi connectivity index (χ1v) is 5.29. The fraction of sp³-hybridized carbons (Fsp3) is 0.214. The monoisotopic (exact) mass is 214 g/mol. The van der Waals surface area contributed by atoms with Crippen LogP contribution in [0.4, 0.5) is 0 Å². The zero-order chi connectivity index (χ0) is 11.6. The standard InChI is InChI=1S/C14H14O2/c1-2-8-14(13(15)16)9-7-11-5-3-4-6-12(11)10-14/h2-7,9H,1,8,10H2,(H,15,16). The molecule has 1 N–H and O–H groups in total. The Labute approximate surface area is 94.9 Å². The molecular formula is C14H14O2. The van der Waals surface area contributed by atoms with Crippen molar-refractivity contribution in [3.05, 3.63) is 54.1 Å². The Morgan fingerprint density at radius 1 is 1.50 bits per heavy atom. The van der Waals surface area contributed by atoms with E-state index in [1.807, 2.05) is 30.3 Å². The second kappa shape index (κ2) is 3.97. The summed E-state index contributed by atoms with van der Waals surface area (Å²) in [6, 6.07) is 7.90. The minimum absolute atomic E-state index is 0.465. The molecule has 2 rings (SSSR count). The van der Waals surface area contributed by atoms with Gasteiger partial charge in [0.15, 0.2) is 0 Å². The zero-order valence-electron chi connectivity index (χ0n) is 9.02. The maximum Gasteiger partial charge on any atom is 0.314 e. The maximum atomic E-state index is 11.4. The number of carboxylic acids is 1. The summed E-state index contributed by atoms with van der Waals surface area (Å²) in [6.07, 6.45) is 6.37. The van der Waals surface area contributed by atoms with Crippen LogP contribution in [-0.2, 0) is 11.2 Å². The van der Waals surface area contributed by atoms with Gasteiger partial charge in [-0.25, -0.2) is 0 Å². The Kier molecular flexibility index (Phi) is 2.65. The van der Waals surface area contributed by atoms with Gasteiger partial charge in [-0.2, -0.15) is 0 Å². The van der Waals surface area contributed by atoms with Crippen LogP contribution in [0.25, 0.3) is 6.08 Å². The van der Waals surface area contributed by atoms with Gasteiger partial charge in [-0.1, -0.05) is 42.5 Å². The third-order valence-electron chi connectivity index (χ3n) is 3.08. The van der Waals surface area contributed by atoms with Gasteiger partial charge in [0.2, 0.25) is 0 Å². The number of benzene rings is 1. The van der Waals surface area contributed by atoms with Crippen LogP contribution in [0.1, 0.15) is 17.5 Å². The van der Waals surface area contributed by atoms with Gasteiger partial charge in [-0.05, 0) is 24.0 Å². The van der Waals surface area contributed by atoms with Crippen molar-refractivity contribution >= 4 is 12.0 Å². The molecular weight excluding hydrogens is 200 g/mol. The van der Waals surface area contributed by atoms with Crippen molar-refractivity contribution in [2.45, 2.75) is 12.8 Å². The molecule has 1 unspecified atom stereocenters. The van der Waals surface area contributed by atoms with Crippen molar-refractivity contribution in [1.82, 2.24) is 0 Å². The summed E-state index contributed by atoms with van der Waals surface area (Å²) in [7, 11) is 0. The molecule has 0 radical (unpaired) electrons. The van der Waals surface area contributed by atoms with E-state index in [9.17, 15) is 9.90 Å². The minimum Gasteiger partial charge on any atom is -0.481 e. The first-order chi connectivity index (χ1) is 7.68. The van der Waals surface area contributed by atoms with E-state index in [0.717, 1.165) is 11.1 Å². The third-order valence-corrected chi connectivity index (χ3v) is 3.08. The average Bonchev–Trinajstić information content (AvgIpc) is 2.29. The largest absolute Gasteiger partial charge is 0.481 e. The van der Waals surface area contributed by atoms with E-state index in [1.165, 1.54) is 0 Å². The highest BCUT2D eigenvalue weighted by molar-refractivity contribution is 5.81. The summed E-state index contributed by atoms with van der Waals surface area (Å²) in [5, 5.41) is 9.35. The lowest BCUT2D eigenvalue weighted by atomic mass is 9.74. The molecule has 0 spiro atoms. The quantitative estimate of drug-likeness (QED) is 0.785. The van der Waals surface area contributed by atoms with Crippen LogP contribution in [0.15, 0.2) is 43.0 Å². The summed E-state index contributed by atoms with van der Waals surface area (Å²) in [5.41, 5.74) is 1.40. The highest BCUT2D eigenvalue weighted by atomic mass is 16.4. The lowest BCUT2D eigenvalue weighted by molar-refractivity contribution is -0.145. The van der Waals surface area contributed by atoms with Gasteiger partial charge in [-0.3, -0.25) is 4.79 Å². The van der Waals surface area contributed by atoms with E-state index in [2.05, 4.69) is 6.58 Å². The summed E-state index contributed by atoms with van der Waals surface area (Å²) in [4.78, 5) is 11.4. The zero-order valence-corrected chi connectivity index (χ0v) is 9.02. The Hall–Kier alpha value is -1.83. The normalized spacial score (nSPS) is 22.5. The molecule has 0 saturated heterocycles. The molecule has 0 saturated carbocycles. The minimum atomic E-state index is -0.809. The molecule has 82 valence electrons. The van der Waals surface area contributed by atoms with Gasteiger partial charge in [0.05, 0.1) is 5.41 Å². The highest BCUT2D eigenvalue weighted by Gasteiger charge is 2.37. The smallest absolute Gasteiger partial charge is 0.314 e. The second-order valence-corrected chi connectivity index (χ2v) is 4.16. The molecule has 1 aromatic rings. The molecule has 0 aromatic heterocycles. The van der Waals surface area contributed by atoms with E-state index >= 15 is 0 Å². The molecule has 2 nitrogen and oxygen atoms in total. The van der Waals surface area contributed by atoms with E-state index in [-0.39, 0.29) is 0 Å². The van der Waals surface area contributed by atoms with E-state index in [1.54, 1.807) is 12.2 Å². The average molecular weight is 214 g/mol. The number of hydrogen-bond donors (Lipinski definition) is 1. The maximum absolute atomic E-state index is 11.4. The van der Waals surface area contributed by atoms with Crippen molar-refractivity contribution < 1.29 is 9.90 Å². The first-order valence-electron chi connectivity index (χ1n) is 5.29. The Morgan fingerprint density at radius 2 is 2.25 bits per heavy atom.